The van der Waals surface area contributed by atoms with Crippen molar-refractivity contribution in [1.82, 2.24) is 9.97 Å². The zero-order chi connectivity index (χ0) is 21.8. The summed E-state index contributed by atoms with van der Waals surface area (Å²) in [4.78, 5) is 34.1. The summed E-state index contributed by atoms with van der Waals surface area (Å²) in [6, 6.07) is 9.14. The highest BCUT2D eigenvalue weighted by atomic mass is 32.2. The Bertz CT molecular complexity index is 1260. The van der Waals surface area contributed by atoms with Crippen molar-refractivity contribution < 1.29 is 14.3 Å². The number of nitrogens with one attached hydrogen (secondary N) is 2. The van der Waals surface area contributed by atoms with Gasteiger partial charge in [0.1, 0.15) is 10.7 Å². The van der Waals surface area contributed by atoms with Gasteiger partial charge in [-0.25, -0.2) is 4.98 Å². The number of aromatic amines is 1. The topological polar surface area (TPSA) is 93.3 Å². The second-order valence-corrected chi connectivity index (χ2v) is 9.22. The minimum absolute atomic E-state index is 0.153. The average Bonchev–Trinajstić information content (AvgIpc) is 3.43. The van der Waals surface area contributed by atoms with Crippen molar-refractivity contribution in [3.8, 4) is 21.9 Å². The van der Waals surface area contributed by atoms with Gasteiger partial charge in [-0.15, -0.1) is 34.4 Å². The van der Waals surface area contributed by atoms with Gasteiger partial charge >= 0.3 is 0 Å². The molecular formula is C21H19N3O4S3. The number of anilines is 1. The molecule has 3 aromatic heterocycles. The van der Waals surface area contributed by atoms with E-state index in [1.807, 2.05) is 22.9 Å². The number of benzene rings is 1. The lowest BCUT2D eigenvalue weighted by Gasteiger charge is -2.10. The fourth-order valence-corrected chi connectivity index (χ4v) is 5.50. The van der Waals surface area contributed by atoms with Gasteiger partial charge in [-0.2, -0.15) is 0 Å². The van der Waals surface area contributed by atoms with Gasteiger partial charge in [-0.1, -0.05) is 6.07 Å². The summed E-state index contributed by atoms with van der Waals surface area (Å²) >= 11 is 4.43. The molecule has 0 unspecified atom stereocenters. The second-order valence-electron chi connectivity index (χ2n) is 6.43. The maximum Gasteiger partial charge on any atom is 0.260 e. The largest absolute Gasteiger partial charge is 0.493 e. The molecule has 1 aromatic carbocycles. The Morgan fingerprint density at radius 3 is 2.77 bits per heavy atom. The number of thiophene rings is 2. The maximum atomic E-state index is 12.6. The number of fused-ring (bicyclic) bond motifs is 1. The molecule has 3 heterocycles. The molecule has 0 aliphatic heterocycles. The van der Waals surface area contributed by atoms with E-state index in [1.165, 1.54) is 23.1 Å². The van der Waals surface area contributed by atoms with Crippen LogP contribution in [0, 0.1) is 0 Å². The van der Waals surface area contributed by atoms with E-state index in [4.69, 9.17) is 9.47 Å². The van der Waals surface area contributed by atoms with Gasteiger partial charge in [0.05, 0.1) is 31.1 Å². The van der Waals surface area contributed by atoms with Crippen molar-refractivity contribution in [2.45, 2.75) is 5.75 Å². The minimum Gasteiger partial charge on any atom is -0.493 e. The molecule has 0 fully saturated rings. The Balaban J connectivity index is 1.38. The van der Waals surface area contributed by atoms with Crippen LogP contribution in [0.4, 0.5) is 5.69 Å². The van der Waals surface area contributed by atoms with Crippen LogP contribution in [0.2, 0.25) is 0 Å². The fourth-order valence-electron chi connectivity index (χ4n) is 3.03. The van der Waals surface area contributed by atoms with Crippen LogP contribution in [0.5, 0.6) is 11.5 Å². The van der Waals surface area contributed by atoms with E-state index in [-0.39, 0.29) is 17.2 Å². The fraction of sp³-hybridized carbons (Fsp3) is 0.190. The first-order valence-corrected chi connectivity index (χ1v) is 12.1. The monoisotopic (exact) mass is 473 g/mol. The highest BCUT2D eigenvalue weighted by molar-refractivity contribution is 7.99. The molecule has 1 amide bonds. The molecule has 31 heavy (non-hydrogen) atoms. The Kier molecular flexibility index (Phi) is 6.59. The smallest absolute Gasteiger partial charge is 0.260 e. The van der Waals surface area contributed by atoms with Crippen LogP contribution in [-0.2, 0) is 10.5 Å². The van der Waals surface area contributed by atoms with Crippen molar-refractivity contribution in [3.63, 3.8) is 0 Å². The van der Waals surface area contributed by atoms with Gasteiger partial charge in [0.15, 0.2) is 11.5 Å². The lowest BCUT2D eigenvalue weighted by atomic mass is 10.2. The SMILES string of the molecule is COc1ccc(NC(=O)CSCc2nc3scc(-c4cccs4)c3c(=O)[nH]2)cc1OC. The predicted octanol–water partition coefficient (Wildman–Crippen LogP) is 4.60. The van der Waals surface area contributed by atoms with E-state index in [1.54, 1.807) is 43.8 Å². The second kappa shape index (κ2) is 9.54. The number of carbonyl (C=O) groups excluding carboxylic acids is 1. The number of hydrogen-bond acceptors (Lipinski definition) is 8. The number of thioether (sulfide) groups is 1. The van der Waals surface area contributed by atoms with Gasteiger partial charge in [0.25, 0.3) is 5.56 Å². The minimum atomic E-state index is -0.156. The number of nitrogens with zero attached hydrogens (tertiary/aromatic N) is 1. The standard InChI is InChI=1S/C21H19N3O4S3/c1-27-14-6-5-12(8-15(14)28-2)22-18(25)11-29-10-17-23-20(26)19-13(9-31-21(19)24-17)16-4-3-7-30-16/h3-9H,10-11H2,1-2H3,(H,22,25)(H,23,24,26). The number of H-pyrrole nitrogens is 1. The molecule has 0 radical (unpaired) electrons. The molecular weight excluding hydrogens is 454 g/mol. The number of amides is 1. The summed E-state index contributed by atoms with van der Waals surface area (Å²) in [5, 5.41) is 7.40. The first-order chi connectivity index (χ1) is 15.1. The number of methoxy groups -OCH3 is 2. The third-order valence-corrected chi connectivity index (χ3v) is 7.14. The van der Waals surface area contributed by atoms with E-state index in [9.17, 15) is 9.59 Å². The zero-order valence-electron chi connectivity index (χ0n) is 16.8. The van der Waals surface area contributed by atoms with Crippen LogP contribution in [0.15, 0.2) is 45.9 Å². The highest BCUT2D eigenvalue weighted by Gasteiger charge is 2.14. The van der Waals surface area contributed by atoms with Gasteiger partial charge in [-0.05, 0) is 23.6 Å². The Morgan fingerprint density at radius 2 is 2.03 bits per heavy atom. The summed E-state index contributed by atoms with van der Waals surface area (Å²) in [6.45, 7) is 0. The van der Waals surface area contributed by atoms with Crippen LogP contribution < -0.4 is 20.3 Å². The molecule has 0 saturated carbocycles. The summed E-state index contributed by atoms with van der Waals surface area (Å²) < 4.78 is 10.4. The molecule has 2 N–H and O–H groups in total. The van der Waals surface area contributed by atoms with Crippen molar-refractivity contribution in [3.05, 3.63) is 57.3 Å². The van der Waals surface area contributed by atoms with Crippen molar-refractivity contribution in [2.75, 3.05) is 25.3 Å². The van der Waals surface area contributed by atoms with Crippen molar-refractivity contribution in [2.24, 2.45) is 0 Å². The van der Waals surface area contributed by atoms with Gasteiger partial charge in [0.2, 0.25) is 5.91 Å². The molecule has 4 aromatic rings. The molecule has 10 heteroatoms. The first-order valence-electron chi connectivity index (χ1n) is 9.23. The van der Waals surface area contributed by atoms with Gasteiger partial charge in [0, 0.05) is 27.6 Å². The van der Waals surface area contributed by atoms with Crippen molar-refractivity contribution >= 4 is 56.2 Å². The summed E-state index contributed by atoms with van der Waals surface area (Å²) in [5.41, 5.74) is 1.38. The molecule has 0 aliphatic rings. The molecule has 0 spiro atoms. The Hall–Kier alpha value is -2.82. The lowest BCUT2D eigenvalue weighted by Crippen LogP contribution is -2.15. The quantitative estimate of drug-likeness (QED) is 0.388. The predicted molar refractivity (Wildman–Crippen MR) is 128 cm³/mol. The van der Waals surface area contributed by atoms with Crippen molar-refractivity contribution in [1.29, 1.82) is 0 Å². The zero-order valence-corrected chi connectivity index (χ0v) is 19.2. The van der Waals surface area contributed by atoms with Crippen LogP contribution in [0.3, 0.4) is 0 Å². The number of aromatic nitrogens is 2. The van der Waals surface area contributed by atoms with Crippen LogP contribution in [-0.4, -0.2) is 35.8 Å². The molecule has 0 bridgehead atoms. The van der Waals surface area contributed by atoms with Crippen LogP contribution >= 0.6 is 34.4 Å². The van der Waals surface area contributed by atoms with E-state index in [0.29, 0.717) is 39.0 Å². The van der Waals surface area contributed by atoms with E-state index in [0.717, 1.165) is 10.4 Å². The van der Waals surface area contributed by atoms with Gasteiger partial charge < -0.3 is 19.8 Å². The number of ether oxygens (including phenoxy) is 2. The summed E-state index contributed by atoms with van der Waals surface area (Å²) in [7, 11) is 3.10. The summed E-state index contributed by atoms with van der Waals surface area (Å²) in [5.74, 6) is 2.19. The third kappa shape index (κ3) is 4.76. The van der Waals surface area contributed by atoms with Gasteiger partial charge in [-0.3, -0.25) is 9.59 Å². The number of rotatable bonds is 8. The Morgan fingerprint density at radius 1 is 1.19 bits per heavy atom. The first kappa shape index (κ1) is 21.4. The number of carbonyl (C=O) groups is 1. The summed E-state index contributed by atoms with van der Waals surface area (Å²) in [6.07, 6.45) is 0. The maximum absolute atomic E-state index is 12.6. The molecule has 0 saturated heterocycles. The van der Waals surface area contributed by atoms with E-state index >= 15 is 0 Å². The molecule has 7 nitrogen and oxygen atoms in total. The molecule has 0 aliphatic carbocycles. The third-order valence-electron chi connectivity index (χ3n) is 4.42. The lowest BCUT2D eigenvalue weighted by molar-refractivity contribution is -0.113. The molecule has 160 valence electrons. The van der Waals surface area contributed by atoms with E-state index in [2.05, 4.69) is 15.3 Å². The van der Waals surface area contributed by atoms with E-state index < -0.39 is 0 Å². The highest BCUT2D eigenvalue weighted by Crippen LogP contribution is 2.33. The molecule has 4 rings (SSSR count). The van der Waals surface area contributed by atoms with Crippen LogP contribution in [0.1, 0.15) is 5.82 Å². The number of hydrogen-bond donors (Lipinski definition) is 2. The molecule has 0 atom stereocenters. The van der Waals surface area contributed by atoms with Crippen LogP contribution in [0.25, 0.3) is 20.7 Å². The normalized spacial score (nSPS) is 10.9. The Labute approximate surface area is 190 Å². The average molecular weight is 474 g/mol.